The molecular formula is C21H17BrN2O7. The van der Waals surface area contributed by atoms with Crippen LogP contribution in [-0.2, 0) is 14.4 Å². The molecule has 0 atom stereocenters. The lowest BCUT2D eigenvalue weighted by molar-refractivity contribution is -0.139. The molecule has 1 fully saturated rings. The van der Waals surface area contributed by atoms with Crippen LogP contribution in [-0.4, -0.2) is 42.1 Å². The summed E-state index contributed by atoms with van der Waals surface area (Å²) in [5.74, 6) is -2.37. The Labute approximate surface area is 185 Å². The van der Waals surface area contributed by atoms with Crippen LogP contribution in [0.3, 0.4) is 0 Å². The summed E-state index contributed by atoms with van der Waals surface area (Å²) in [4.78, 5) is 49.2. The SMILES string of the molecule is CCOc1cc(/C=C2/C(=O)NC(=O)N(c3ccccc3)C2=O)cc(Br)c1OCC(=O)O. The van der Waals surface area contributed by atoms with Crippen molar-refractivity contribution in [2.45, 2.75) is 6.92 Å². The summed E-state index contributed by atoms with van der Waals surface area (Å²) < 4.78 is 11.1. The number of barbiturate groups is 1. The Kier molecular flexibility index (Phi) is 6.71. The first-order valence-corrected chi connectivity index (χ1v) is 9.88. The molecule has 0 bridgehead atoms. The van der Waals surface area contributed by atoms with Crippen LogP contribution in [0, 0.1) is 0 Å². The Morgan fingerprint density at radius 2 is 1.87 bits per heavy atom. The van der Waals surface area contributed by atoms with E-state index >= 15 is 0 Å². The smallest absolute Gasteiger partial charge is 0.341 e. The molecule has 3 rings (SSSR count). The molecule has 0 spiro atoms. The molecule has 0 unspecified atom stereocenters. The number of amides is 4. The fraction of sp³-hybridized carbons (Fsp3) is 0.143. The van der Waals surface area contributed by atoms with Gasteiger partial charge >= 0.3 is 12.0 Å². The largest absolute Gasteiger partial charge is 0.490 e. The maximum absolute atomic E-state index is 12.9. The highest BCUT2D eigenvalue weighted by Crippen LogP contribution is 2.37. The third-order valence-electron chi connectivity index (χ3n) is 4.10. The Hall–Kier alpha value is -3.66. The second-order valence-corrected chi connectivity index (χ2v) is 7.09. The Bertz CT molecular complexity index is 1080. The molecule has 2 aromatic rings. The zero-order chi connectivity index (χ0) is 22.5. The molecular weight excluding hydrogens is 472 g/mol. The van der Waals surface area contributed by atoms with Gasteiger partial charge in [-0.1, -0.05) is 18.2 Å². The van der Waals surface area contributed by atoms with Gasteiger partial charge in [0.25, 0.3) is 11.8 Å². The Balaban J connectivity index is 2.00. The number of carbonyl (C=O) groups is 4. The van der Waals surface area contributed by atoms with E-state index in [0.29, 0.717) is 15.7 Å². The maximum Gasteiger partial charge on any atom is 0.341 e. The predicted molar refractivity (Wildman–Crippen MR) is 114 cm³/mol. The van der Waals surface area contributed by atoms with Crippen LogP contribution in [0.2, 0.25) is 0 Å². The van der Waals surface area contributed by atoms with Gasteiger partial charge in [-0.15, -0.1) is 0 Å². The van der Waals surface area contributed by atoms with Crippen molar-refractivity contribution in [1.82, 2.24) is 5.32 Å². The molecule has 4 amide bonds. The van der Waals surface area contributed by atoms with E-state index in [1.807, 2.05) is 0 Å². The number of rotatable bonds is 7. The number of hydrogen-bond donors (Lipinski definition) is 2. The molecule has 1 heterocycles. The second kappa shape index (κ2) is 9.43. The fourth-order valence-electron chi connectivity index (χ4n) is 2.84. The van der Waals surface area contributed by atoms with E-state index in [2.05, 4.69) is 21.2 Å². The van der Waals surface area contributed by atoms with Crippen LogP contribution in [0.15, 0.2) is 52.5 Å². The quantitative estimate of drug-likeness (QED) is 0.453. The van der Waals surface area contributed by atoms with E-state index in [-0.39, 0.29) is 23.7 Å². The van der Waals surface area contributed by atoms with Crippen molar-refractivity contribution in [3.05, 3.63) is 58.1 Å². The zero-order valence-electron chi connectivity index (χ0n) is 16.3. The van der Waals surface area contributed by atoms with Crippen molar-refractivity contribution in [2.75, 3.05) is 18.1 Å². The highest BCUT2D eigenvalue weighted by Gasteiger charge is 2.36. The Morgan fingerprint density at radius 1 is 1.16 bits per heavy atom. The van der Waals surface area contributed by atoms with Gasteiger partial charge in [0.2, 0.25) is 0 Å². The van der Waals surface area contributed by atoms with Gasteiger partial charge in [0.05, 0.1) is 16.8 Å². The summed E-state index contributed by atoms with van der Waals surface area (Å²) >= 11 is 3.29. The highest BCUT2D eigenvalue weighted by molar-refractivity contribution is 9.10. The molecule has 1 saturated heterocycles. The summed E-state index contributed by atoms with van der Waals surface area (Å²) in [6.45, 7) is 1.43. The number of hydrogen-bond acceptors (Lipinski definition) is 6. The lowest BCUT2D eigenvalue weighted by Crippen LogP contribution is -2.54. The molecule has 0 aromatic heterocycles. The number of urea groups is 1. The predicted octanol–water partition coefficient (Wildman–Crippen LogP) is 2.98. The summed E-state index contributed by atoms with van der Waals surface area (Å²) in [7, 11) is 0. The first-order valence-electron chi connectivity index (χ1n) is 9.09. The van der Waals surface area contributed by atoms with E-state index in [1.165, 1.54) is 18.2 Å². The number of para-hydroxylation sites is 1. The van der Waals surface area contributed by atoms with Gasteiger partial charge in [-0.2, -0.15) is 0 Å². The number of aliphatic carboxylic acids is 1. The van der Waals surface area contributed by atoms with E-state index in [9.17, 15) is 19.2 Å². The minimum atomic E-state index is -1.16. The third-order valence-corrected chi connectivity index (χ3v) is 4.69. The average Bonchev–Trinajstić information content (AvgIpc) is 2.71. The van der Waals surface area contributed by atoms with Gasteiger partial charge in [-0.3, -0.25) is 14.9 Å². The normalized spacial score (nSPS) is 15.1. The van der Waals surface area contributed by atoms with Crippen molar-refractivity contribution >= 4 is 51.5 Å². The number of nitrogens with one attached hydrogen (secondary N) is 1. The number of ether oxygens (including phenoxy) is 2. The van der Waals surface area contributed by atoms with Crippen LogP contribution in [0.4, 0.5) is 10.5 Å². The van der Waals surface area contributed by atoms with Crippen molar-refractivity contribution in [3.8, 4) is 11.5 Å². The van der Waals surface area contributed by atoms with Crippen molar-refractivity contribution in [2.24, 2.45) is 0 Å². The monoisotopic (exact) mass is 488 g/mol. The van der Waals surface area contributed by atoms with E-state index in [0.717, 1.165) is 4.90 Å². The summed E-state index contributed by atoms with van der Waals surface area (Å²) in [6.07, 6.45) is 1.31. The maximum atomic E-state index is 12.9. The number of benzene rings is 2. The number of carboxylic acid groups (broad SMARTS) is 1. The third kappa shape index (κ3) is 4.92. The topological polar surface area (TPSA) is 122 Å². The van der Waals surface area contributed by atoms with Crippen LogP contribution in [0.25, 0.3) is 6.08 Å². The van der Waals surface area contributed by atoms with Crippen LogP contribution in [0.5, 0.6) is 11.5 Å². The second-order valence-electron chi connectivity index (χ2n) is 6.24. The first kappa shape index (κ1) is 22.0. The first-order chi connectivity index (χ1) is 14.8. The van der Waals surface area contributed by atoms with Crippen molar-refractivity contribution < 1.29 is 33.8 Å². The molecule has 2 aromatic carbocycles. The standard InChI is InChI=1S/C21H17BrN2O7/c1-2-30-16-10-12(9-15(22)18(16)31-11-17(25)26)8-14-19(27)23-21(29)24(20(14)28)13-6-4-3-5-7-13/h3-10H,2,11H2,1H3,(H,25,26)(H,23,27,29)/b14-8-. The number of carboxylic acids is 1. The molecule has 1 aliphatic rings. The van der Waals surface area contributed by atoms with E-state index < -0.39 is 30.4 Å². The zero-order valence-corrected chi connectivity index (χ0v) is 17.8. The van der Waals surface area contributed by atoms with Gasteiger partial charge < -0.3 is 14.6 Å². The minimum Gasteiger partial charge on any atom is -0.490 e. The van der Waals surface area contributed by atoms with Gasteiger partial charge in [0.15, 0.2) is 18.1 Å². The summed E-state index contributed by atoms with van der Waals surface area (Å²) in [6, 6.07) is 10.4. The van der Waals surface area contributed by atoms with Gasteiger partial charge in [-0.25, -0.2) is 14.5 Å². The number of carbonyl (C=O) groups excluding carboxylic acids is 3. The summed E-state index contributed by atoms with van der Waals surface area (Å²) in [5.41, 5.74) is 0.466. The van der Waals surface area contributed by atoms with E-state index in [4.69, 9.17) is 14.6 Å². The van der Waals surface area contributed by atoms with Gasteiger partial charge in [-0.05, 0) is 58.8 Å². The number of halogens is 1. The van der Waals surface area contributed by atoms with Crippen LogP contribution >= 0.6 is 15.9 Å². The molecule has 0 saturated carbocycles. The molecule has 9 nitrogen and oxygen atoms in total. The van der Waals surface area contributed by atoms with Crippen LogP contribution in [0.1, 0.15) is 12.5 Å². The number of nitrogens with zero attached hydrogens (tertiary/aromatic N) is 1. The molecule has 0 aliphatic carbocycles. The van der Waals surface area contributed by atoms with Crippen molar-refractivity contribution in [1.29, 1.82) is 0 Å². The number of anilines is 1. The lowest BCUT2D eigenvalue weighted by atomic mass is 10.1. The molecule has 31 heavy (non-hydrogen) atoms. The average molecular weight is 489 g/mol. The van der Waals surface area contributed by atoms with Crippen LogP contribution < -0.4 is 19.7 Å². The molecule has 160 valence electrons. The van der Waals surface area contributed by atoms with Crippen molar-refractivity contribution in [3.63, 3.8) is 0 Å². The number of imide groups is 2. The Morgan fingerprint density at radius 3 is 2.52 bits per heavy atom. The highest BCUT2D eigenvalue weighted by atomic mass is 79.9. The lowest BCUT2D eigenvalue weighted by Gasteiger charge is -2.26. The molecule has 0 radical (unpaired) electrons. The molecule has 1 aliphatic heterocycles. The fourth-order valence-corrected chi connectivity index (χ4v) is 3.42. The summed E-state index contributed by atoms with van der Waals surface area (Å²) in [5, 5.41) is 11.0. The van der Waals surface area contributed by atoms with Gasteiger partial charge in [0, 0.05) is 0 Å². The van der Waals surface area contributed by atoms with E-state index in [1.54, 1.807) is 37.3 Å². The molecule has 2 N–H and O–H groups in total. The van der Waals surface area contributed by atoms with Gasteiger partial charge in [0.1, 0.15) is 5.57 Å². The minimum absolute atomic E-state index is 0.173. The molecule has 10 heteroatoms.